The van der Waals surface area contributed by atoms with E-state index in [9.17, 15) is 14.4 Å². The summed E-state index contributed by atoms with van der Waals surface area (Å²) in [4.78, 5) is 33.6. The molecule has 6 heteroatoms. The van der Waals surface area contributed by atoms with Crippen LogP contribution in [0.4, 0.5) is 0 Å². The molecule has 162 valence electrons. The number of aliphatic carboxylic acids is 1. The van der Waals surface area contributed by atoms with Gasteiger partial charge in [-0.05, 0) is 6.42 Å². The second kappa shape index (κ2) is 18.5. The molecule has 0 spiro atoms. The van der Waals surface area contributed by atoms with Crippen molar-refractivity contribution in [2.24, 2.45) is 0 Å². The number of carboxylic acid groups (broad SMARTS) is 1. The molecule has 0 rings (SSSR count). The Hall–Kier alpha value is -1.85. The molecule has 6 nitrogen and oxygen atoms in total. The number of ether oxygens (including phenoxy) is 1. The highest BCUT2D eigenvalue weighted by Crippen LogP contribution is 2.12. The third kappa shape index (κ3) is 17.6. The quantitative estimate of drug-likeness (QED) is 0.186. The van der Waals surface area contributed by atoms with Gasteiger partial charge in [0.15, 0.2) is 0 Å². The lowest BCUT2D eigenvalue weighted by molar-refractivity contribution is -0.144. The molecule has 0 aromatic carbocycles. The van der Waals surface area contributed by atoms with Crippen molar-refractivity contribution < 1.29 is 24.2 Å². The lowest BCUT2D eigenvalue weighted by Crippen LogP contribution is -2.27. The molecule has 0 heterocycles. The Morgan fingerprint density at radius 1 is 0.857 bits per heavy atom. The molecule has 1 amide bonds. The maximum Gasteiger partial charge on any atom is 0.331 e. The summed E-state index contributed by atoms with van der Waals surface area (Å²) in [5, 5.41) is 11.3. The molecule has 0 aromatic heterocycles. The molecular weight excluding hydrogens is 358 g/mol. The van der Waals surface area contributed by atoms with Crippen LogP contribution in [0.1, 0.15) is 96.8 Å². The minimum Gasteiger partial charge on any atom is -0.478 e. The van der Waals surface area contributed by atoms with E-state index in [0.29, 0.717) is 6.42 Å². The first-order valence-corrected chi connectivity index (χ1v) is 10.8. The molecule has 28 heavy (non-hydrogen) atoms. The largest absolute Gasteiger partial charge is 0.478 e. The number of hydrogen-bond acceptors (Lipinski definition) is 4. The van der Waals surface area contributed by atoms with Crippen LogP contribution in [0.15, 0.2) is 12.2 Å². The number of esters is 1. The van der Waals surface area contributed by atoms with Gasteiger partial charge in [0.05, 0.1) is 13.0 Å². The number of carbonyl (C=O) groups excluding carboxylic acids is 2. The SMILES string of the molecule is C=C(CC(=O)OCCNC(=O)CCCCCCCCCCCCCC)C(=O)O. The van der Waals surface area contributed by atoms with Gasteiger partial charge in [-0.2, -0.15) is 0 Å². The molecule has 0 fully saturated rings. The van der Waals surface area contributed by atoms with E-state index in [1.54, 1.807) is 0 Å². The molecule has 0 aromatic rings. The van der Waals surface area contributed by atoms with Crippen LogP contribution in [0.3, 0.4) is 0 Å². The predicted molar refractivity (Wildman–Crippen MR) is 111 cm³/mol. The number of carboxylic acids is 1. The van der Waals surface area contributed by atoms with Gasteiger partial charge in [-0.25, -0.2) is 4.79 Å². The number of amides is 1. The maximum atomic E-state index is 11.7. The topological polar surface area (TPSA) is 92.7 Å². The van der Waals surface area contributed by atoms with E-state index < -0.39 is 11.9 Å². The molecule has 0 aliphatic rings. The van der Waals surface area contributed by atoms with Gasteiger partial charge in [0.1, 0.15) is 6.61 Å². The van der Waals surface area contributed by atoms with Crippen LogP contribution in [0.5, 0.6) is 0 Å². The Bertz CT molecular complexity index is 462. The summed E-state index contributed by atoms with van der Waals surface area (Å²) in [6.07, 6.45) is 15.2. The van der Waals surface area contributed by atoms with Crippen molar-refractivity contribution in [1.29, 1.82) is 0 Å². The summed E-state index contributed by atoms with van der Waals surface area (Å²) in [5.74, 6) is -1.91. The average Bonchev–Trinajstić information content (AvgIpc) is 2.66. The first kappa shape index (κ1) is 26.1. The molecule has 0 radical (unpaired) electrons. The molecular formula is C22H39NO5. The van der Waals surface area contributed by atoms with E-state index in [-0.39, 0.29) is 31.1 Å². The van der Waals surface area contributed by atoms with Crippen LogP contribution in [-0.4, -0.2) is 36.1 Å². The summed E-state index contributed by atoms with van der Waals surface area (Å²) < 4.78 is 4.85. The van der Waals surface area contributed by atoms with Crippen molar-refractivity contribution in [3.8, 4) is 0 Å². The van der Waals surface area contributed by atoms with Crippen molar-refractivity contribution in [3.63, 3.8) is 0 Å². The summed E-state index contributed by atoms with van der Waals surface area (Å²) in [5.41, 5.74) is -0.207. The van der Waals surface area contributed by atoms with Crippen molar-refractivity contribution in [2.45, 2.75) is 96.8 Å². The molecule has 0 aliphatic carbocycles. The Kier molecular flexibility index (Phi) is 17.3. The van der Waals surface area contributed by atoms with Gasteiger partial charge in [0, 0.05) is 12.0 Å². The highest BCUT2D eigenvalue weighted by molar-refractivity contribution is 5.91. The van der Waals surface area contributed by atoms with Crippen LogP contribution in [0, 0.1) is 0 Å². The van der Waals surface area contributed by atoms with Crippen molar-refractivity contribution in [3.05, 3.63) is 12.2 Å². The monoisotopic (exact) mass is 397 g/mol. The van der Waals surface area contributed by atoms with E-state index in [2.05, 4.69) is 18.8 Å². The van der Waals surface area contributed by atoms with Gasteiger partial charge in [-0.15, -0.1) is 0 Å². The zero-order valence-electron chi connectivity index (χ0n) is 17.6. The lowest BCUT2D eigenvalue weighted by Gasteiger charge is -2.07. The van der Waals surface area contributed by atoms with Crippen molar-refractivity contribution >= 4 is 17.8 Å². The molecule has 0 aliphatic heterocycles. The maximum absolute atomic E-state index is 11.7. The average molecular weight is 398 g/mol. The fraction of sp³-hybridized carbons (Fsp3) is 0.773. The van der Waals surface area contributed by atoms with E-state index in [1.165, 1.54) is 64.2 Å². The molecule has 0 saturated carbocycles. The van der Waals surface area contributed by atoms with E-state index in [1.807, 2.05) is 0 Å². The van der Waals surface area contributed by atoms with E-state index in [4.69, 9.17) is 9.84 Å². The Balaban J connectivity index is 3.37. The van der Waals surface area contributed by atoms with Crippen LogP contribution >= 0.6 is 0 Å². The summed E-state index contributed by atoms with van der Waals surface area (Å²) >= 11 is 0. The zero-order valence-corrected chi connectivity index (χ0v) is 17.6. The molecule has 0 atom stereocenters. The third-order valence-corrected chi connectivity index (χ3v) is 4.60. The molecule has 2 N–H and O–H groups in total. The van der Waals surface area contributed by atoms with Gasteiger partial charge >= 0.3 is 11.9 Å². The van der Waals surface area contributed by atoms with Crippen molar-refractivity contribution in [2.75, 3.05) is 13.2 Å². The van der Waals surface area contributed by atoms with Crippen molar-refractivity contribution in [1.82, 2.24) is 5.32 Å². The van der Waals surface area contributed by atoms with Gasteiger partial charge in [-0.1, -0.05) is 84.1 Å². The Morgan fingerprint density at radius 3 is 1.86 bits per heavy atom. The lowest BCUT2D eigenvalue weighted by atomic mass is 10.0. The fourth-order valence-electron chi connectivity index (χ4n) is 2.87. The highest BCUT2D eigenvalue weighted by atomic mass is 16.5. The number of unbranched alkanes of at least 4 members (excludes halogenated alkanes) is 11. The summed E-state index contributed by atoms with van der Waals surface area (Å²) in [7, 11) is 0. The van der Waals surface area contributed by atoms with Crippen LogP contribution in [0.25, 0.3) is 0 Å². The number of carbonyl (C=O) groups is 3. The van der Waals surface area contributed by atoms with E-state index in [0.717, 1.165) is 12.8 Å². The minimum atomic E-state index is -1.22. The van der Waals surface area contributed by atoms with Gasteiger partial charge in [-0.3, -0.25) is 9.59 Å². The normalized spacial score (nSPS) is 10.5. The Labute approximate surface area is 170 Å². The molecule has 0 bridgehead atoms. The fourth-order valence-corrected chi connectivity index (χ4v) is 2.87. The summed E-state index contributed by atoms with van der Waals surface area (Å²) in [6, 6.07) is 0. The third-order valence-electron chi connectivity index (χ3n) is 4.60. The van der Waals surface area contributed by atoms with Gasteiger partial charge in [0.2, 0.25) is 5.91 Å². The summed E-state index contributed by atoms with van der Waals surface area (Å²) in [6.45, 7) is 5.78. The predicted octanol–water partition coefficient (Wildman–Crippen LogP) is 4.77. The molecule has 0 unspecified atom stereocenters. The smallest absolute Gasteiger partial charge is 0.331 e. The van der Waals surface area contributed by atoms with E-state index >= 15 is 0 Å². The first-order chi connectivity index (χ1) is 13.5. The standard InChI is InChI=1S/C22H39NO5/c1-3-4-5-6-7-8-9-10-11-12-13-14-15-20(24)23-16-17-28-21(25)18-19(2)22(26)27/h2-18H2,1H3,(H,23,24)(H,26,27). The Morgan fingerprint density at radius 2 is 1.36 bits per heavy atom. The first-order valence-electron chi connectivity index (χ1n) is 10.8. The van der Waals surface area contributed by atoms with Crippen LogP contribution in [-0.2, 0) is 19.1 Å². The van der Waals surface area contributed by atoms with Gasteiger partial charge in [0.25, 0.3) is 0 Å². The van der Waals surface area contributed by atoms with Gasteiger partial charge < -0.3 is 15.2 Å². The number of nitrogens with one attached hydrogen (secondary N) is 1. The molecule has 0 saturated heterocycles. The second-order valence-corrected chi connectivity index (χ2v) is 7.29. The second-order valence-electron chi connectivity index (χ2n) is 7.29. The minimum absolute atomic E-state index is 0.0376. The number of rotatable bonds is 19. The highest BCUT2D eigenvalue weighted by Gasteiger charge is 2.11. The van der Waals surface area contributed by atoms with Crippen LogP contribution in [0.2, 0.25) is 0 Å². The number of hydrogen-bond donors (Lipinski definition) is 2. The zero-order chi connectivity index (χ0) is 21.0. The van der Waals surface area contributed by atoms with Crippen LogP contribution < -0.4 is 5.32 Å².